The summed E-state index contributed by atoms with van der Waals surface area (Å²) in [6.45, 7) is 9.44. The lowest BCUT2D eigenvalue weighted by molar-refractivity contribution is 0.625. The minimum absolute atomic E-state index is 0.512. The molecule has 1 aliphatic rings. The van der Waals surface area contributed by atoms with Gasteiger partial charge in [-0.15, -0.1) is 0 Å². The molecule has 1 aromatic heterocycles. The molecular formula is C14H19N3. The fourth-order valence-corrected chi connectivity index (χ4v) is 2.81. The van der Waals surface area contributed by atoms with Gasteiger partial charge in [0, 0.05) is 18.3 Å². The molecule has 1 aliphatic heterocycles. The molecule has 2 rings (SSSR count). The molecule has 1 saturated heterocycles. The van der Waals surface area contributed by atoms with Gasteiger partial charge in [0.05, 0.1) is 16.9 Å². The van der Waals surface area contributed by atoms with E-state index in [4.69, 9.17) is 0 Å². The third-order valence-corrected chi connectivity index (χ3v) is 3.51. The molecule has 2 atom stereocenters. The molecule has 3 nitrogen and oxygen atoms in total. The van der Waals surface area contributed by atoms with Crippen LogP contribution in [0.1, 0.15) is 37.2 Å². The van der Waals surface area contributed by atoms with E-state index in [-0.39, 0.29) is 0 Å². The molecule has 1 fully saturated rings. The molecule has 17 heavy (non-hydrogen) atoms. The summed E-state index contributed by atoms with van der Waals surface area (Å²) in [7, 11) is 0. The van der Waals surface area contributed by atoms with Crippen LogP contribution in [-0.2, 0) is 0 Å². The third-order valence-electron chi connectivity index (χ3n) is 3.51. The van der Waals surface area contributed by atoms with Gasteiger partial charge in [-0.1, -0.05) is 6.92 Å². The number of rotatable bonds is 1. The van der Waals surface area contributed by atoms with Crippen molar-refractivity contribution in [1.29, 1.82) is 5.26 Å². The third kappa shape index (κ3) is 2.12. The fourth-order valence-electron chi connectivity index (χ4n) is 2.81. The van der Waals surface area contributed by atoms with E-state index in [2.05, 4.69) is 29.8 Å². The standard InChI is InChI=1S/C14H19N3/c1-9-5-11(3)17(8-9)14-6-10(2)16-12(4)13(14)7-15/h6,9,11H,5,8H2,1-4H3. The highest BCUT2D eigenvalue weighted by molar-refractivity contribution is 5.62. The van der Waals surface area contributed by atoms with E-state index in [1.54, 1.807) is 0 Å². The summed E-state index contributed by atoms with van der Waals surface area (Å²) < 4.78 is 0. The molecule has 0 aromatic carbocycles. The second-order valence-electron chi connectivity index (χ2n) is 5.20. The Morgan fingerprint density at radius 1 is 1.41 bits per heavy atom. The number of pyridine rings is 1. The maximum atomic E-state index is 9.29. The number of anilines is 1. The maximum absolute atomic E-state index is 9.29. The number of nitrogens with zero attached hydrogens (tertiary/aromatic N) is 3. The molecule has 0 bridgehead atoms. The largest absolute Gasteiger partial charge is 0.367 e. The molecule has 0 spiro atoms. The summed E-state index contributed by atoms with van der Waals surface area (Å²) in [6.07, 6.45) is 1.20. The topological polar surface area (TPSA) is 39.9 Å². The van der Waals surface area contributed by atoms with Gasteiger partial charge < -0.3 is 4.90 Å². The van der Waals surface area contributed by atoms with Crippen LogP contribution in [0.5, 0.6) is 0 Å². The van der Waals surface area contributed by atoms with Gasteiger partial charge in [0.25, 0.3) is 0 Å². The highest BCUT2D eigenvalue weighted by Crippen LogP contribution is 2.32. The van der Waals surface area contributed by atoms with E-state index < -0.39 is 0 Å². The quantitative estimate of drug-likeness (QED) is 0.743. The van der Waals surface area contributed by atoms with E-state index in [0.717, 1.165) is 29.2 Å². The van der Waals surface area contributed by atoms with Crippen molar-refractivity contribution < 1.29 is 0 Å². The van der Waals surface area contributed by atoms with E-state index in [1.807, 2.05) is 19.9 Å². The molecule has 0 aliphatic carbocycles. The monoisotopic (exact) mass is 229 g/mol. The number of hydrogen-bond acceptors (Lipinski definition) is 3. The molecule has 0 amide bonds. The summed E-state index contributed by atoms with van der Waals surface area (Å²) in [5.41, 5.74) is 3.63. The van der Waals surface area contributed by atoms with Gasteiger partial charge in [-0.2, -0.15) is 5.26 Å². The number of hydrogen-bond donors (Lipinski definition) is 0. The van der Waals surface area contributed by atoms with Gasteiger partial charge in [-0.05, 0) is 39.2 Å². The van der Waals surface area contributed by atoms with Gasteiger partial charge in [0.1, 0.15) is 6.07 Å². The smallest absolute Gasteiger partial charge is 0.103 e. The first-order valence-electron chi connectivity index (χ1n) is 6.18. The number of nitriles is 1. The Hall–Kier alpha value is -1.56. The predicted molar refractivity (Wildman–Crippen MR) is 69.0 cm³/mol. The van der Waals surface area contributed by atoms with Crippen LogP contribution in [0.3, 0.4) is 0 Å². The van der Waals surface area contributed by atoms with Crippen molar-refractivity contribution in [3.8, 4) is 6.07 Å². The highest BCUT2D eigenvalue weighted by atomic mass is 15.2. The first-order valence-corrected chi connectivity index (χ1v) is 6.18. The summed E-state index contributed by atoms with van der Waals surface area (Å²) in [6, 6.07) is 4.85. The highest BCUT2D eigenvalue weighted by Gasteiger charge is 2.28. The van der Waals surface area contributed by atoms with Crippen LogP contribution in [-0.4, -0.2) is 17.6 Å². The van der Waals surface area contributed by atoms with Gasteiger partial charge in [0.15, 0.2) is 0 Å². The predicted octanol–water partition coefficient (Wildman–Crippen LogP) is 2.80. The average molecular weight is 229 g/mol. The zero-order chi connectivity index (χ0) is 12.6. The van der Waals surface area contributed by atoms with Gasteiger partial charge >= 0.3 is 0 Å². The molecule has 2 unspecified atom stereocenters. The Labute approximate surface area is 103 Å². The van der Waals surface area contributed by atoms with Gasteiger partial charge in [0.2, 0.25) is 0 Å². The lowest BCUT2D eigenvalue weighted by Crippen LogP contribution is -2.28. The molecule has 3 heteroatoms. The fraction of sp³-hybridized carbons (Fsp3) is 0.571. The summed E-state index contributed by atoms with van der Waals surface area (Å²) >= 11 is 0. The lowest BCUT2D eigenvalue weighted by atomic mass is 10.1. The van der Waals surface area contributed by atoms with Crippen molar-refractivity contribution in [3.05, 3.63) is 23.0 Å². The second kappa shape index (κ2) is 4.37. The molecular weight excluding hydrogens is 210 g/mol. The lowest BCUT2D eigenvalue weighted by Gasteiger charge is -2.25. The first-order chi connectivity index (χ1) is 8.02. The van der Waals surface area contributed by atoms with E-state index in [1.165, 1.54) is 6.42 Å². The Morgan fingerprint density at radius 3 is 2.65 bits per heavy atom. The van der Waals surface area contributed by atoms with Crippen LogP contribution in [0.2, 0.25) is 0 Å². The van der Waals surface area contributed by atoms with E-state index in [9.17, 15) is 5.26 Å². The maximum Gasteiger partial charge on any atom is 0.103 e. The van der Waals surface area contributed by atoms with E-state index >= 15 is 0 Å². The van der Waals surface area contributed by atoms with Gasteiger partial charge in [-0.25, -0.2) is 0 Å². The summed E-state index contributed by atoms with van der Waals surface area (Å²) in [5, 5.41) is 9.29. The zero-order valence-electron chi connectivity index (χ0n) is 11.0. The second-order valence-corrected chi connectivity index (χ2v) is 5.20. The Bertz CT molecular complexity index is 473. The zero-order valence-corrected chi connectivity index (χ0v) is 11.0. The van der Waals surface area contributed by atoms with Crippen LogP contribution in [0.25, 0.3) is 0 Å². The minimum Gasteiger partial charge on any atom is -0.367 e. The molecule has 0 saturated carbocycles. The number of aryl methyl sites for hydroxylation is 2. The van der Waals surface area contributed by atoms with Crippen molar-refractivity contribution in [2.75, 3.05) is 11.4 Å². The minimum atomic E-state index is 0.512. The molecule has 0 radical (unpaired) electrons. The Balaban J connectivity index is 2.48. The van der Waals surface area contributed by atoms with Crippen LogP contribution in [0, 0.1) is 31.1 Å². The summed E-state index contributed by atoms with van der Waals surface area (Å²) in [4.78, 5) is 6.72. The first kappa shape index (κ1) is 11.9. The molecule has 90 valence electrons. The van der Waals surface area contributed by atoms with Crippen molar-refractivity contribution in [2.24, 2.45) is 5.92 Å². The van der Waals surface area contributed by atoms with E-state index in [0.29, 0.717) is 12.0 Å². The van der Waals surface area contributed by atoms with Crippen molar-refractivity contribution in [1.82, 2.24) is 4.98 Å². The van der Waals surface area contributed by atoms with Crippen molar-refractivity contribution in [3.63, 3.8) is 0 Å². The summed E-state index contributed by atoms with van der Waals surface area (Å²) in [5.74, 6) is 0.699. The van der Waals surface area contributed by atoms with Crippen molar-refractivity contribution in [2.45, 2.75) is 40.2 Å². The molecule has 1 aromatic rings. The van der Waals surface area contributed by atoms with Crippen molar-refractivity contribution >= 4 is 5.69 Å². The molecule has 2 heterocycles. The SMILES string of the molecule is Cc1cc(N2CC(C)CC2C)c(C#N)c(C)n1. The number of aromatic nitrogens is 1. The Kier molecular flexibility index (Phi) is 3.06. The molecule has 0 N–H and O–H groups in total. The Morgan fingerprint density at radius 2 is 2.12 bits per heavy atom. The van der Waals surface area contributed by atoms with Gasteiger partial charge in [-0.3, -0.25) is 4.98 Å². The van der Waals surface area contributed by atoms with Crippen LogP contribution < -0.4 is 4.90 Å². The average Bonchev–Trinajstić information content (AvgIpc) is 2.56. The van der Waals surface area contributed by atoms with Crippen LogP contribution in [0.15, 0.2) is 6.07 Å². The van der Waals surface area contributed by atoms with Crippen LogP contribution >= 0.6 is 0 Å². The van der Waals surface area contributed by atoms with Crippen LogP contribution in [0.4, 0.5) is 5.69 Å². The normalized spacial score (nSPS) is 23.8.